The Hall–Kier alpha value is -0.280. The third-order valence-electron chi connectivity index (χ3n) is 1.84. The van der Waals surface area contributed by atoms with Gasteiger partial charge in [0.2, 0.25) is 0 Å². The highest BCUT2D eigenvalue weighted by molar-refractivity contribution is 6.35. The number of rotatable bonds is 2. The lowest BCUT2D eigenvalue weighted by molar-refractivity contribution is 0.164. The molecule has 2 nitrogen and oxygen atoms in total. The number of nitrogens with two attached hydrogens (primary N) is 1. The van der Waals surface area contributed by atoms with E-state index in [0.717, 1.165) is 0 Å². The Balaban J connectivity index is 3.01. The van der Waals surface area contributed by atoms with Crippen molar-refractivity contribution in [3.05, 3.63) is 33.8 Å². The molecule has 72 valence electrons. The summed E-state index contributed by atoms with van der Waals surface area (Å²) in [6, 6.07) is 4.57. The van der Waals surface area contributed by atoms with E-state index < -0.39 is 12.1 Å². The summed E-state index contributed by atoms with van der Waals surface area (Å²) in [7, 11) is 0. The third kappa shape index (κ3) is 2.58. The van der Waals surface area contributed by atoms with Crippen molar-refractivity contribution in [2.45, 2.75) is 19.1 Å². The van der Waals surface area contributed by atoms with Crippen LogP contribution in [0.15, 0.2) is 18.2 Å². The van der Waals surface area contributed by atoms with E-state index in [4.69, 9.17) is 28.9 Å². The molecule has 3 N–H and O–H groups in total. The van der Waals surface area contributed by atoms with E-state index in [1.807, 2.05) is 0 Å². The fourth-order valence-electron chi connectivity index (χ4n) is 1.03. The molecule has 0 aliphatic heterocycles. The van der Waals surface area contributed by atoms with Gasteiger partial charge in [-0.05, 0) is 24.6 Å². The fourth-order valence-corrected chi connectivity index (χ4v) is 1.57. The lowest BCUT2D eigenvalue weighted by Gasteiger charge is -2.16. The number of hydrogen-bond donors (Lipinski definition) is 2. The predicted molar refractivity (Wildman–Crippen MR) is 55.1 cm³/mol. The molecule has 4 heteroatoms. The molecular formula is C9H11Cl2NO. The second-order valence-electron chi connectivity index (χ2n) is 2.93. The van der Waals surface area contributed by atoms with Crippen LogP contribution in [0.4, 0.5) is 0 Å². The predicted octanol–water partition coefficient (Wildman–Crippen LogP) is 2.37. The standard InChI is InChI=1S/C9H11Cl2NO/c1-5(13)9(12)7-3-2-6(10)4-8(7)11/h2-5,9,13H,12H2,1H3/t5-,9-/m1/s1. The second-order valence-corrected chi connectivity index (χ2v) is 3.78. The summed E-state index contributed by atoms with van der Waals surface area (Å²) in [5.41, 5.74) is 6.42. The molecule has 0 aliphatic carbocycles. The molecular weight excluding hydrogens is 209 g/mol. The Bertz CT molecular complexity index is 302. The minimum atomic E-state index is -0.626. The highest BCUT2D eigenvalue weighted by atomic mass is 35.5. The van der Waals surface area contributed by atoms with Gasteiger partial charge in [0, 0.05) is 10.0 Å². The highest BCUT2D eigenvalue weighted by Gasteiger charge is 2.14. The topological polar surface area (TPSA) is 46.2 Å². The smallest absolute Gasteiger partial charge is 0.0705 e. The molecule has 1 rings (SSSR count). The van der Waals surface area contributed by atoms with E-state index in [9.17, 15) is 5.11 Å². The zero-order valence-corrected chi connectivity index (χ0v) is 8.68. The van der Waals surface area contributed by atoms with Gasteiger partial charge in [-0.1, -0.05) is 29.3 Å². The Morgan fingerprint density at radius 1 is 1.38 bits per heavy atom. The number of aliphatic hydroxyl groups excluding tert-OH is 1. The summed E-state index contributed by atoms with van der Waals surface area (Å²) >= 11 is 11.6. The lowest BCUT2D eigenvalue weighted by Crippen LogP contribution is -2.23. The average molecular weight is 220 g/mol. The van der Waals surface area contributed by atoms with Gasteiger partial charge in [-0.15, -0.1) is 0 Å². The quantitative estimate of drug-likeness (QED) is 0.803. The van der Waals surface area contributed by atoms with Crippen molar-refractivity contribution in [1.29, 1.82) is 0 Å². The number of aliphatic hydroxyl groups is 1. The van der Waals surface area contributed by atoms with Crippen LogP contribution in [-0.2, 0) is 0 Å². The first-order valence-corrected chi connectivity index (χ1v) is 4.66. The van der Waals surface area contributed by atoms with Crippen LogP contribution in [0.1, 0.15) is 18.5 Å². The normalized spacial score (nSPS) is 15.5. The second kappa shape index (κ2) is 4.29. The van der Waals surface area contributed by atoms with Gasteiger partial charge in [0.1, 0.15) is 0 Å². The first kappa shape index (κ1) is 10.8. The molecule has 0 bridgehead atoms. The van der Waals surface area contributed by atoms with E-state index in [0.29, 0.717) is 15.6 Å². The number of halogens is 2. The minimum Gasteiger partial charge on any atom is -0.391 e. The molecule has 0 heterocycles. The number of hydrogen-bond acceptors (Lipinski definition) is 2. The van der Waals surface area contributed by atoms with Crippen molar-refractivity contribution in [3.8, 4) is 0 Å². The molecule has 0 aliphatic rings. The van der Waals surface area contributed by atoms with Crippen LogP contribution in [0.25, 0.3) is 0 Å². The van der Waals surface area contributed by atoms with E-state index in [-0.39, 0.29) is 0 Å². The molecule has 0 aromatic heterocycles. The minimum absolute atomic E-state index is 0.468. The molecule has 0 saturated heterocycles. The van der Waals surface area contributed by atoms with Crippen molar-refractivity contribution in [2.24, 2.45) is 5.73 Å². The van der Waals surface area contributed by atoms with Crippen LogP contribution in [0.2, 0.25) is 10.0 Å². The average Bonchev–Trinajstić information content (AvgIpc) is 2.03. The SMILES string of the molecule is C[C@@H](O)[C@@H](N)c1ccc(Cl)cc1Cl. The van der Waals surface area contributed by atoms with Crippen LogP contribution in [0, 0.1) is 0 Å². The molecule has 0 saturated carbocycles. The van der Waals surface area contributed by atoms with Crippen molar-refractivity contribution in [1.82, 2.24) is 0 Å². The summed E-state index contributed by atoms with van der Waals surface area (Å²) < 4.78 is 0. The van der Waals surface area contributed by atoms with Crippen LogP contribution < -0.4 is 5.73 Å². The summed E-state index contributed by atoms with van der Waals surface area (Å²) in [5.74, 6) is 0. The van der Waals surface area contributed by atoms with Crippen LogP contribution in [-0.4, -0.2) is 11.2 Å². The Labute approximate surface area is 87.3 Å². The molecule has 13 heavy (non-hydrogen) atoms. The van der Waals surface area contributed by atoms with E-state index in [1.165, 1.54) is 0 Å². The molecule has 0 fully saturated rings. The van der Waals surface area contributed by atoms with Crippen molar-refractivity contribution < 1.29 is 5.11 Å². The van der Waals surface area contributed by atoms with Gasteiger partial charge in [0.25, 0.3) is 0 Å². The Morgan fingerprint density at radius 2 is 2.00 bits per heavy atom. The number of benzene rings is 1. The summed E-state index contributed by atoms with van der Waals surface area (Å²) in [5, 5.41) is 10.3. The van der Waals surface area contributed by atoms with Gasteiger partial charge in [0.05, 0.1) is 12.1 Å². The molecule has 2 atom stereocenters. The molecule has 1 aromatic carbocycles. The highest BCUT2D eigenvalue weighted by Crippen LogP contribution is 2.26. The van der Waals surface area contributed by atoms with Gasteiger partial charge in [-0.25, -0.2) is 0 Å². The van der Waals surface area contributed by atoms with Gasteiger partial charge in [-0.3, -0.25) is 0 Å². The van der Waals surface area contributed by atoms with Crippen molar-refractivity contribution in [2.75, 3.05) is 0 Å². The summed E-state index contributed by atoms with van der Waals surface area (Å²) in [4.78, 5) is 0. The van der Waals surface area contributed by atoms with Gasteiger partial charge in [-0.2, -0.15) is 0 Å². The van der Waals surface area contributed by atoms with E-state index >= 15 is 0 Å². The van der Waals surface area contributed by atoms with Crippen LogP contribution in [0.3, 0.4) is 0 Å². The monoisotopic (exact) mass is 219 g/mol. The summed E-state index contributed by atoms with van der Waals surface area (Å²) in [6.07, 6.45) is -0.626. The molecule has 0 amide bonds. The molecule has 0 unspecified atom stereocenters. The van der Waals surface area contributed by atoms with Gasteiger partial charge < -0.3 is 10.8 Å². The zero-order valence-electron chi connectivity index (χ0n) is 7.17. The van der Waals surface area contributed by atoms with Crippen LogP contribution >= 0.6 is 23.2 Å². The van der Waals surface area contributed by atoms with Crippen molar-refractivity contribution >= 4 is 23.2 Å². The molecule has 0 radical (unpaired) electrons. The summed E-state index contributed by atoms with van der Waals surface area (Å²) in [6.45, 7) is 1.62. The zero-order chi connectivity index (χ0) is 10.0. The largest absolute Gasteiger partial charge is 0.391 e. The fraction of sp³-hybridized carbons (Fsp3) is 0.333. The maximum atomic E-state index is 9.25. The maximum absolute atomic E-state index is 9.25. The Kier molecular flexibility index (Phi) is 3.56. The first-order valence-electron chi connectivity index (χ1n) is 3.91. The first-order chi connectivity index (χ1) is 6.02. The lowest BCUT2D eigenvalue weighted by atomic mass is 10.0. The van der Waals surface area contributed by atoms with Gasteiger partial charge in [0.15, 0.2) is 0 Å². The Morgan fingerprint density at radius 3 is 2.46 bits per heavy atom. The van der Waals surface area contributed by atoms with E-state index in [1.54, 1.807) is 25.1 Å². The van der Waals surface area contributed by atoms with E-state index in [2.05, 4.69) is 0 Å². The maximum Gasteiger partial charge on any atom is 0.0705 e. The van der Waals surface area contributed by atoms with Crippen LogP contribution in [0.5, 0.6) is 0 Å². The molecule has 1 aromatic rings. The molecule has 0 spiro atoms. The van der Waals surface area contributed by atoms with Crippen molar-refractivity contribution in [3.63, 3.8) is 0 Å². The van der Waals surface area contributed by atoms with Gasteiger partial charge >= 0.3 is 0 Å². The third-order valence-corrected chi connectivity index (χ3v) is 2.40.